The molecule has 0 amide bonds. The van der Waals surface area contributed by atoms with E-state index >= 15 is 0 Å². The maximum Gasteiger partial charge on any atom is 0.0697 e. The summed E-state index contributed by atoms with van der Waals surface area (Å²) >= 11 is 0. The number of hydrogen-bond acceptors (Lipinski definition) is 2. The molecule has 14 heavy (non-hydrogen) atoms. The van der Waals surface area contributed by atoms with Crippen molar-refractivity contribution in [3.05, 3.63) is 0 Å². The van der Waals surface area contributed by atoms with Crippen LogP contribution < -0.4 is 5.32 Å². The van der Waals surface area contributed by atoms with E-state index in [0.29, 0.717) is 5.92 Å². The van der Waals surface area contributed by atoms with Crippen LogP contribution in [-0.2, 0) is 0 Å². The van der Waals surface area contributed by atoms with Crippen molar-refractivity contribution in [2.45, 2.75) is 58.0 Å². The van der Waals surface area contributed by atoms with E-state index in [1.54, 1.807) is 0 Å². The third-order valence-electron chi connectivity index (χ3n) is 3.57. The Labute approximate surface area is 88.1 Å². The minimum Gasteiger partial charge on any atom is -0.390 e. The van der Waals surface area contributed by atoms with Gasteiger partial charge in [-0.2, -0.15) is 0 Å². The van der Waals surface area contributed by atoms with Crippen molar-refractivity contribution in [3.8, 4) is 0 Å². The molecular weight excluding hydrogens is 174 g/mol. The van der Waals surface area contributed by atoms with Gasteiger partial charge in [0.1, 0.15) is 0 Å². The number of rotatable bonds is 5. The molecule has 0 aliphatic carbocycles. The molecule has 1 aliphatic heterocycles. The molecule has 0 spiro atoms. The van der Waals surface area contributed by atoms with Crippen molar-refractivity contribution in [1.82, 2.24) is 5.32 Å². The van der Waals surface area contributed by atoms with Gasteiger partial charge in [-0.3, -0.25) is 0 Å². The normalized spacial score (nSPS) is 33.2. The Morgan fingerprint density at radius 3 is 2.79 bits per heavy atom. The molecule has 0 bridgehead atoms. The van der Waals surface area contributed by atoms with E-state index < -0.39 is 0 Å². The maximum atomic E-state index is 10.4. The zero-order valence-corrected chi connectivity index (χ0v) is 9.68. The number of hydrogen-bond donors (Lipinski definition) is 2. The summed E-state index contributed by atoms with van der Waals surface area (Å²) in [6, 6.07) is 0. The first-order valence-corrected chi connectivity index (χ1v) is 6.12. The van der Waals surface area contributed by atoms with Crippen LogP contribution in [0.5, 0.6) is 0 Å². The molecule has 2 unspecified atom stereocenters. The topological polar surface area (TPSA) is 32.3 Å². The highest BCUT2D eigenvalue weighted by molar-refractivity contribution is 4.89. The highest BCUT2D eigenvalue weighted by atomic mass is 16.3. The monoisotopic (exact) mass is 199 g/mol. The van der Waals surface area contributed by atoms with Gasteiger partial charge in [0.25, 0.3) is 0 Å². The van der Waals surface area contributed by atoms with E-state index in [-0.39, 0.29) is 5.60 Å². The molecule has 1 fully saturated rings. The molecule has 2 atom stereocenters. The van der Waals surface area contributed by atoms with Crippen LogP contribution in [0, 0.1) is 5.92 Å². The van der Waals surface area contributed by atoms with Crippen LogP contribution in [0.2, 0.25) is 0 Å². The van der Waals surface area contributed by atoms with Crippen LogP contribution in [0.15, 0.2) is 0 Å². The van der Waals surface area contributed by atoms with Gasteiger partial charge >= 0.3 is 0 Å². The van der Waals surface area contributed by atoms with Gasteiger partial charge in [0, 0.05) is 6.54 Å². The summed E-state index contributed by atoms with van der Waals surface area (Å²) in [5, 5.41) is 13.7. The van der Waals surface area contributed by atoms with Crippen molar-refractivity contribution in [2.24, 2.45) is 5.92 Å². The molecule has 1 aliphatic rings. The van der Waals surface area contributed by atoms with Gasteiger partial charge in [-0.15, -0.1) is 0 Å². The van der Waals surface area contributed by atoms with Crippen LogP contribution in [0.3, 0.4) is 0 Å². The van der Waals surface area contributed by atoms with Gasteiger partial charge in [0.2, 0.25) is 0 Å². The summed E-state index contributed by atoms with van der Waals surface area (Å²) in [5.74, 6) is 0.415. The van der Waals surface area contributed by atoms with Crippen molar-refractivity contribution in [2.75, 3.05) is 13.1 Å². The average Bonchev–Trinajstić information content (AvgIpc) is 2.18. The summed E-state index contributed by atoms with van der Waals surface area (Å²) in [6.07, 6.45) is 6.97. The standard InChI is InChI=1S/C12H25NO/c1-3-4-5-6-7-12(14)8-9-13-10-11(12)2/h11,13-14H,3-10H2,1-2H3. The zero-order chi connectivity index (χ0) is 10.4. The van der Waals surface area contributed by atoms with Gasteiger partial charge < -0.3 is 10.4 Å². The predicted molar refractivity (Wildman–Crippen MR) is 60.4 cm³/mol. The molecular formula is C12H25NO. The molecule has 84 valence electrons. The Kier molecular flexibility index (Phi) is 4.90. The van der Waals surface area contributed by atoms with E-state index in [2.05, 4.69) is 19.2 Å². The molecule has 0 saturated carbocycles. The first kappa shape index (κ1) is 12.0. The SMILES string of the molecule is CCCCCCC1(O)CCNCC1C. The highest BCUT2D eigenvalue weighted by Crippen LogP contribution is 2.29. The second-order valence-electron chi connectivity index (χ2n) is 4.77. The third kappa shape index (κ3) is 3.25. The second kappa shape index (κ2) is 5.72. The number of unbranched alkanes of at least 4 members (excludes halogenated alkanes) is 3. The molecule has 1 heterocycles. The van der Waals surface area contributed by atoms with Gasteiger partial charge in [0.05, 0.1) is 5.60 Å². The van der Waals surface area contributed by atoms with Gasteiger partial charge in [-0.25, -0.2) is 0 Å². The van der Waals surface area contributed by atoms with Crippen molar-refractivity contribution in [1.29, 1.82) is 0 Å². The smallest absolute Gasteiger partial charge is 0.0697 e. The fourth-order valence-corrected chi connectivity index (χ4v) is 2.29. The molecule has 0 aromatic rings. The van der Waals surface area contributed by atoms with Crippen molar-refractivity contribution >= 4 is 0 Å². The van der Waals surface area contributed by atoms with Crippen LogP contribution in [0.4, 0.5) is 0 Å². The molecule has 2 N–H and O–H groups in total. The molecule has 2 heteroatoms. The van der Waals surface area contributed by atoms with E-state index in [1.165, 1.54) is 25.7 Å². The highest BCUT2D eigenvalue weighted by Gasteiger charge is 2.34. The number of aliphatic hydroxyl groups is 1. The third-order valence-corrected chi connectivity index (χ3v) is 3.57. The first-order chi connectivity index (χ1) is 6.69. The van der Waals surface area contributed by atoms with E-state index in [4.69, 9.17) is 0 Å². The fourth-order valence-electron chi connectivity index (χ4n) is 2.29. The zero-order valence-electron chi connectivity index (χ0n) is 9.68. The minimum absolute atomic E-state index is 0.376. The summed E-state index contributed by atoms with van der Waals surface area (Å²) in [7, 11) is 0. The first-order valence-electron chi connectivity index (χ1n) is 6.12. The lowest BCUT2D eigenvalue weighted by molar-refractivity contribution is -0.0422. The Morgan fingerprint density at radius 2 is 2.14 bits per heavy atom. The van der Waals surface area contributed by atoms with Crippen LogP contribution in [0.1, 0.15) is 52.4 Å². The quantitative estimate of drug-likeness (QED) is 0.666. The van der Waals surface area contributed by atoms with Gasteiger partial charge in [-0.05, 0) is 25.3 Å². The summed E-state index contributed by atoms with van der Waals surface area (Å²) in [5.41, 5.74) is -0.376. The van der Waals surface area contributed by atoms with Gasteiger partial charge in [0.15, 0.2) is 0 Å². The van der Waals surface area contributed by atoms with Crippen molar-refractivity contribution < 1.29 is 5.11 Å². The lowest BCUT2D eigenvalue weighted by Gasteiger charge is -2.38. The number of piperidine rings is 1. The molecule has 1 rings (SSSR count). The van der Waals surface area contributed by atoms with Gasteiger partial charge in [-0.1, -0.05) is 39.5 Å². The Morgan fingerprint density at radius 1 is 1.36 bits per heavy atom. The Balaban J connectivity index is 2.25. The molecule has 0 aromatic heterocycles. The lowest BCUT2D eigenvalue weighted by atomic mass is 9.79. The average molecular weight is 199 g/mol. The summed E-state index contributed by atoms with van der Waals surface area (Å²) < 4.78 is 0. The largest absolute Gasteiger partial charge is 0.390 e. The fraction of sp³-hybridized carbons (Fsp3) is 1.00. The van der Waals surface area contributed by atoms with Crippen molar-refractivity contribution in [3.63, 3.8) is 0 Å². The van der Waals surface area contributed by atoms with Crippen LogP contribution >= 0.6 is 0 Å². The number of nitrogens with one attached hydrogen (secondary N) is 1. The van der Waals surface area contributed by atoms with Crippen LogP contribution in [-0.4, -0.2) is 23.8 Å². The Hall–Kier alpha value is -0.0800. The summed E-state index contributed by atoms with van der Waals surface area (Å²) in [6.45, 7) is 6.34. The Bertz CT molecular complexity index is 160. The van der Waals surface area contributed by atoms with E-state index in [1.807, 2.05) is 0 Å². The second-order valence-corrected chi connectivity index (χ2v) is 4.77. The molecule has 0 radical (unpaired) electrons. The lowest BCUT2D eigenvalue weighted by Crippen LogP contribution is -2.48. The molecule has 2 nitrogen and oxygen atoms in total. The predicted octanol–water partition coefficient (Wildman–Crippen LogP) is 2.32. The minimum atomic E-state index is -0.376. The van der Waals surface area contributed by atoms with E-state index in [0.717, 1.165) is 25.9 Å². The molecule has 1 saturated heterocycles. The summed E-state index contributed by atoms with van der Waals surface area (Å²) in [4.78, 5) is 0. The van der Waals surface area contributed by atoms with Crippen LogP contribution in [0.25, 0.3) is 0 Å². The molecule has 0 aromatic carbocycles. The van der Waals surface area contributed by atoms with E-state index in [9.17, 15) is 5.11 Å². The maximum absolute atomic E-state index is 10.4.